The van der Waals surface area contributed by atoms with E-state index in [1.165, 1.54) is 0 Å². The smallest absolute Gasteiger partial charge is 0.251 e. The van der Waals surface area contributed by atoms with Crippen molar-refractivity contribution >= 4 is 5.91 Å². The Morgan fingerprint density at radius 2 is 1.95 bits per heavy atom. The van der Waals surface area contributed by atoms with Crippen LogP contribution in [0, 0.1) is 5.92 Å². The molecule has 0 aliphatic rings. The van der Waals surface area contributed by atoms with Crippen LogP contribution in [0.4, 0.5) is 0 Å². The summed E-state index contributed by atoms with van der Waals surface area (Å²) in [6.07, 6.45) is 1.80. The van der Waals surface area contributed by atoms with E-state index in [0.717, 1.165) is 24.0 Å². The van der Waals surface area contributed by atoms with Gasteiger partial charge in [0, 0.05) is 18.2 Å². The maximum absolute atomic E-state index is 12.4. The molecule has 21 heavy (non-hydrogen) atoms. The molecule has 1 rings (SSSR count). The highest BCUT2D eigenvalue weighted by Gasteiger charge is 2.16. The van der Waals surface area contributed by atoms with Gasteiger partial charge in [0.25, 0.3) is 5.91 Å². The summed E-state index contributed by atoms with van der Waals surface area (Å²) >= 11 is 0. The van der Waals surface area contributed by atoms with Gasteiger partial charge in [-0.15, -0.1) is 0 Å². The summed E-state index contributed by atoms with van der Waals surface area (Å²) in [7, 11) is 4.11. The SMILES string of the molecule is CC(C)CC(CNC(=O)c1ccccc1CCN)N(C)C. The fourth-order valence-electron chi connectivity index (χ4n) is 2.44. The number of hydrogen-bond acceptors (Lipinski definition) is 3. The van der Waals surface area contributed by atoms with Crippen LogP contribution in [0.1, 0.15) is 36.2 Å². The lowest BCUT2D eigenvalue weighted by atomic mass is 10.0. The van der Waals surface area contributed by atoms with Crippen LogP contribution >= 0.6 is 0 Å². The Morgan fingerprint density at radius 1 is 1.29 bits per heavy atom. The molecule has 4 heteroatoms. The summed E-state index contributed by atoms with van der Waals surface area (Å²) in [5.41, 5.74) is 7.37. The van der Waals surface area contributed by atoms with E-state index in [0.29, 0.717) is 25.0 Å². The van der Waals surface area contributed by atoms with Gasteiger partial charge in [0.05, 0.1) is 0 Å². The number of rotatable bonds is 8. The highest BCUT2D eigenvalue weighted by Crippen LogP contribution is 2.11. The van der Waals surface area contributed by atoms with E-state index in [4.69, 9.17) is 5.73 Å². The van der Waals surface area contributed by atoms with Gasteiger partial charge in [-0.1, -0.05) is 32.0 Å². The molecule has 4 nitrogen and oxygen atoms in total. The maximum atomic E-state index is 12.4. The van der Waals surface area contributed by atoms with E-state index in [-0.39, 0.29) is 5.91 Å². The fourth-order valence-corrected chi connectivity index (χ4v) is 2.44. The third kappa shape index (κ3) is 5.86. The van der Waals surface area contributed by atoms with Crippen molar-refractivity contribution in [2.75, 3.05) is 27.2 Å². The topological polar surface area (TPSA) is 58.4 Å². The summed E-state index contributed by atoms with van der Waals surface area (Å²) in [6, 6.07) is 8.04. The van der Waals surface area contributed by atoms with Crippen molar-refractivity contribution in [1.29, 1.82) is 0 Å². The first-order valence-corrected chi connectivity index (χ1v) is 7.68. The van der Waals surface area contributed by atoms with Gasteiger partial charge < -0.3 is 16.0 Å². The van der Waals surface area contributed by atoms with Crippen molar-refractivity contribution in [3.8, 4) is 0 Å². The third-order valence-corrected chi connectivity index (χ3v) is 3.65. The molecule has 0 spiro atoms. The van der Waals surface area contributed by atoms with Crippen molar-refractivity contribution in [3.05, 3.63) is 35.4 Å². The molecular weight excluding hydrogens is 262 g/mol. The Morgan fingerprint density at radius 3 is 2.52 bits per heavy atom. The van der Waals surface area contributed by atoms with Crippen LogP contribution < -0.4 is 11.1 Å². The monoisotopic (exact) mass is 291 g/mol. The zero-order valence-corrected chi connectivity index (χ0v) is 13.7. The second-order valence-electron chi connectivity index (χ2n) is 6.15. The van der Waals surface area contributed by atoms with Crippen molar-refractivity contribution in [2.24, 2.45) is 11.7 Å². The third-order valence-electron chi connectivity index (χ3n) is 3.65. The van der Waals surface area contributed by atoms with Gasteiger partial charge in [-0.2, -0.15) is 0 Å². The van der Waals surface area contributed by atoms with Gasteiger partial charge in [0.15, 0.2) is 0 Å². The Kier molecular flexibility index (Phi) is 7.40. The first kappa shape index (κ1) is 17.7. The number of carbonyl (C=O) groups is 1. The lowest BCUT2D eigenvalue weighted by Gasteiger charge is -2.26. The summed E-state index contributed by atoms with van der Waals surface area (Å²) < 4.78 is 0. The number of nitrogens with zero attached hydrogens (tertiary/aromatic N) is 1. The summed E-state index contributed by atoms with van der Waals surface area (Å²) in [5.74, 6) is 0.605. The van der Waals surface area contributed by atoms with E-state index < -0.39 is 0 Å². The predicted octanol–water partition coefficient (Wildman–Crippen LogP) is 1.89. The maximum Gasteiger partial charge on any atom is 0.251 e. The summed E-state index contributed by atoms with van der Waals surface area (Å²) in [5, 5.41) is 3.06. The molecule has 0 aliphatic carbocycles. The molecule has 0 saturated carbocycles. The van der Waals surface area contributed by atoms with Crippen molar-refractivity contribution in [3.63, 3.8) is 0 Å². The van der Waals surface area contributed by atoms with Crippen LogP contribution in [0.25, 0.3) is 0 Å². The molecule has 0 radical (unpaired) electrons. The number of carbonyl (C=O) groups excluding carboxylic acids is 1. The van der Waals surface area contributed by atoms with Crippen molar-refractivity contribution in [1.82, 2.24) is 10.2 Å². The molecular formula is C17H29N3O. The molecule has 0 heterocycles. The highest BCUT2D eigenvalue weighted by molar-refractivity contribution is 5.95. The Labute approximate surface area is 128 Å². The van der Waals surface area contributed by atoms with Gasteiger partial charge in [0.2, 0.25) is 0 Å². The van der Waals surface area contributed by atoms with Crippen molar-refractivity contribution < 1.29 is 4.79 Å². The number of likely N-dealkylation sites (N-methyl/N-ethyl adjacent to an activating group) is 1. The number of hydrogen-bond donors (Lipinski definition) is 2. The average Bonchev–Trinajstić information content (AvgIpc) is 2.43. The fraction of sp³-hybridized carbons (Fsp3) is 0.588. The molecule has 0 fully saturated rings. The van der Waals surface area contributed by atoms with E-state index in [1.807, 2.05) is 24.3 Å². The van der Waals surface area contributed by atoms with Gasteiger partial charge in [0.1, 0.15) is 0 Å². The van der Waals surface area contributed by atoms with Crippen LogP contribution in [0.3, 0.4) is 0 Å². The second-order valence-corrected chi connectivity index (χ2v) is 6.15. The number of nitrogens with one attached hydrogen (secondary N) is 1. The van der Waals surface area contributed by atoms with Crippen LogP contribution in [0.5, 0.6) is 0 Å². The van der Waals surface area contributed by atoms with E-state index in [1.54, 1.807) is 0 Å². The highest BCUT2D eigenvalue weighted by atomic mass is 16.1. The summed E-state index contributed by atoms with van der Waals surface area (Å²) in [4.78, 5) is 14.6. The standard InChI is InChI=1S/C17H29N3O/c1-13(2)11-15(20(3)4)12-19-17(21)16-8-6-5-7-14(16)9-10-18/h5-8,13,15H,9-12,18H2,1-4H3,(H,19,21). The lowest BCUT2D eigenvalue weighted by Crippen LogP contribution is -2.41. The van der Waals surface area contributed by atoms with Crippen LogP contribution in [-0.4, -0.2) is 44.0 Å². The molecule has 0 aliphatic heterocycles. The average molecular weight is 291 g/mol. The Balaban J connectivity index is 2.68. The molecule has 1 amide bonds. The molecule has 1 aromatic carbocycles. The van der Waals surface area contributed by atoms with Gasteiger partial charge >= 0.3 is 0 Å². The molecule has 1 aromatic rings. The molecule has 1 unspecified atom stereocenters. The van der Waals surface area contributed by atoms with Crippen LogP contribution in [-0.2, 0) is 6.42 Å². The Bertz CT molecular complexity index is 443. The van der Waals surface area contributed by atoms with Gasteiger partial charge in [-0.3, -0.25) is 4.79 Å². The predicted molar refractivity (Wildman–Crippen MR) is 88.5 cm³/mol. The Hall–Kier alpha value is -1.39. The van der Waals surface area contributed by atoms with Gasteiger partial charge in [-0.05, 0) is 51.0 Å². The number of benzene rings is 1. The zero-order valence-electron chi connectivity index (χ0n) is 13.7. The molecule has 0 aromatic heterocycles. The second kappa shape index (κ2) is 8.80. The van der Waals surface area contributed by atoms with E-state index >= 15 is 0 Å². The van der Waals surface area contributed by atoms with Gasteiger partial charge in [-0.25, -0.2) is 0 Å². The lowest BCUT2D eigenvalue weighted by molar-refractivity contribution is 0.0937. The molecule has 1 atom stereocenters. The van der Waals surface area contributed by atoms with E-state index in [2.05, 4.69) is 38.2 Å². The minimum atomic E-state index is -0.00495. The van der Waals surface area contributed by atoms with Crippen molar-refractivity contribution in [2.45, 2.75) is 32.7 Å². The first-order chi connectivity index (χ1) is 9.95. The number of nitrogens with two attached hydrogens (primary N) is 1. The summed E-state index contributed by atoms with van der Waals surface area (Å²) in [6.45, 7) is 5.63. The first-order valence-electron chi connectivity index (χ1n) is 7.68. The molecule has 3 N–H and O–H groups in total. The van der Waals surface area contributed by atoms with E-state index in [9.17, 15) is 4.79 Å². The van der Waals surface area contributed by atoms with Crippen LogP contribution in [0.2, 0.25) is 0 Å². The molecule has 0 bridgehead atoms. The minimum absolute atomic E-state index is 0.00495. The minimum Gasteiger partial charge on any atom is -0.350 e. The van der Waals surface area contributed by atoms with Crippen LogP contribution in [0.15, 0.2) is 24.3 Å². The largest absolute Gasteiger partial charge is 0.350 e. The quantitative estimate of drug-likeness (QED) is 0.769. The molecule has 0 saturated heterocycles. The zero-order chi connectivity index (χ0) is 15.8. The molecule has 118 valence electrons. The normalized spacial score (nSPS) is 12.7. The number of amides is 1.